The van der Waals surface area contributed by atoms with Crippen LogP contribution >= 0.6 is 0 Å². The number of ether oxygens (including phenoxy) is 1. The maximum Gasteiger partial charge on any atom is 0.224 e. The minimum atomic E-state index is -3.19. The molecule has 1 saturated heterocycles. The number of hydrogen-bond acceptors (Lipinski definition) is 5. The van der Waals surface area contributed by atoms with Gasteiger partial charge in [0.25, 0.3) is 0 Å². The number of morpholine rings is 1. The summed E-state index contributed by atoms with van der Waals surface area (Å²) in [5, 5.41) is 4.89. The molecule has 0 atom stereocenters. The lowest BCUT2D eigenvalue weighted by Crippen LogP contribution is -2.49. The molecule has 0 aliphatic carbocycles. The molecule has 6 nitrogen and oxygen atoms in total. The predicted molar refractivity (Wildman–Crippen MR) is 67.1 cm³/mol. The molecule has 7 heteroatoms. The Morgan fingerprint density at radius 1 is 1.24 bits per heavy atom. The molecule has 1 rings (SSSR count). The summed E-state index contributed by atoms with van der Waals surface area (Å²) in [4.78, 5) is 2.58. The molecule has 0 amide bonds. The second kappa shape index (κ2) is 7.99. The van der Waals surface area contributed by atoms with Crippen LogP contribution in [0.15, 0.2) is 0 Å². The molecule has 0 aromatic carbocycles. The van der Waals surface area contributed by atoms with Crippen molar-refractivity contribution in [2.45, 2.75) is 19.8 Å². The van der Waals surface area contributed by atoms with Gasteiger partial charge in [0.05, 0.1) is 19.0 Å². The minimum Gasteiger partial charge on any atom is -0.379 e. The molecule has 1 fully saturated rings. The lowest BCUT2D eigenvalue weighted by molar-refractivity contribution is 0.0272. The molecule has 0 saturated carbocycles. The Labute approximate surface area is 104 Å². The maximum atomic E-state index is 11.7. The molecule has 0 aromatic heterocycles. The van der Waals surface area contributed by atoms with Gasteiger partial charge in [0.15, 0.2) is 0 Å². The summed E-state index contributed by atoms with van der Waals surface area (Å²) >= 11 is 0. The van der Waals surface area contributed by atoms with E-state index in [0.717, 1.165) is 19.5 Å². The van der Waals surface area contributed by atoms with Crippen molar-refractivity contribution >= 4 is 10.0 Å². The van der Waals surface area contributed by atoms with Crippen LogP contribution in [0.1, 0.15) is 19.8 Å². The number of rotatable bonds is 8. The molecular formula is C10H23N3O3S. The van der Waals surface area contributed by atoms with E-state index in [0.29, 0.717) is 32.7 Å². The molecule has 0 spiro atoms. The van der Waals surface area contributed by atoms with Gasteiger partial charge < -0.3 is 10.1 Å². The highest BCUT2D eigenvalue weighted by atomic mass is 32.2. The quantitative estimate of drug-likeness (QED) is 0.581. The van der Waals surface area contributed by atoms with Gasteiger partial charge in [-0.05, 0) is 25.9 Å². The van der Waals surface area contributed by atoms with Crippen LogP contribution in [0.2, 0.25) is 0 Å². The fraction of sp³-hybridized carbons (Fsp3) is 1.00. The number of nitrogens with one attached hydrogen (secondary N) is 2. The minimum absolute atomic E-state index is 0.168. The van der Waals surface area contributed by atoms with Crippen molar-refractivity contribution in [1.82, 2.24) is 15.2 Å². The molecular weight excluding hydrogens is 242 g/mol. The molecule has 0 aromatic rings. The first-order chi connectivity index (χ1) is 8.14. The third kappa shape index (κ3) is 6.95. The fourth-order valence-electron chi connectivity index (χ4n) is 1.59. The summed E-state index contributed by atoms with van der Waals surface area (Å²) in [6, 6.07) is 0. The molecule has 1 aliphatic heterocycles. The van der Waals surface area contributed by atoms with Crippen LogP contribution in [-0.2, 0) is 14.8 Å². The first kappa shape index (κ1) is 14.8. The zero-order valence-corrected chi connectivity index (χ0v) is 11.3. The predicted octanol–water partition coefficient (Wildman–Crippen LogP) is -0.457. The average molecular weight is 265 g/mol. The standard InChI is InChI=1S/C10H23N3O3S/c1-2-4-11-5-3-10-17(14,15)12-13-6-8-16-9-7-13/h11-12H,2-10H2,1H3. The Morgan fingerprint density at radius 2 is 1.94 bits per heavy atom. The lowest BCUT2D eigenvalue weighted by Gasteiger charge is -2.26. The molecule has 1 heterocycles. The van der Waals surface area contributed by atoms with Crippen molar-refractivity contribution < 1.29 is 13.2 Å². The van der Waals surface area contributed by atoms with E-state index in [4.69, 9.17) is 4.74 Å². The Kier molecular flexibility index (Phi) is 6.98. The largest absolute Gasteiger partial charge is 0.379 e. The molecule has 2 N–H and O–H groups in total. The zero-order chi connectivity index (χ0) is 12.6. The molecule has 0 bridgehead atoms. The Hall–Kier alpha value is -0.210. The Bertz CT molecular complexity index is 289. The average Bonchev–Trinajstić information content (AvgIpc) is 2.29. The zero-order valence-electron chi connectivity index (χ0n) is 10.4. The van der Waals surface area contributed by atoms with Gasteiger partial charge in [-0.15, -0.1) is 4.83 Å². The van der Waals surface area contributed by atoms with E-state index in [2.05, 4.69) is 17.1 Å². The lowest BCUT2D eigenvalue weighted by atomic mass is 10.4. The summed E-state index contributed by atoms with van der Waals surface area (Å²) in [7, 11) is -3.19. The van der Waals surface area contributed by atoms with Crippen molar-refractivity contribution in [2.75, 3.05) is 45.1 Å². The SMILES string of the molecule is CCCNCCCS(=O)(=O)NN1CCOCC1. The van der Waals surface area contributed by atoms with Crippen molar-refractivity contribution in [1.29, 1.82) is 0 Å². The van der Waals surface area contributed by atoms with E-state index >= 15 is 0 Å². The summed E-state index contributed by atoms with van der Waals surface area (Å²) in [5.74, 6) is 0.168. The van der Waals surface area contributed by atoms with Gasteiger partial charge in [-0.2, -0.15) is 0 Å². The Balaban J connectivity index is 2.16. The van der Waals surface area contributed by atoms with Gasteiger partial charge in [0.1, 0.15) is 0 Å². The van der Waals surface area contributed by atoms with Gasteiger partial charge in [0.2, 0.25) is 10.0 Å². The second-order valence-electron chi connectivity index (χ2n) is 4.11. The normalized spacial score (nSPS) is 18.4. The highest BCUT2D eigenvalue weighted by Crippen LogP contribution is 1.96. The van der Waals surface area contributed by atoms with Crippen LogP contribution in [0.25, 0.3) is 0 Å². The topological polar surface area (TPSA) is 70.7 Å². The van der Waals surface area contributed by atoms with Gasteiger partial charge in [0, 0.05) is 13.1 Å². The number of hydrazine groups is 1. The van der Waals surface area contributed by atoms with Crippen molar-refractivity contribution in [3.8, 4) is 0 Å². The van der Waals surface area contributed by atoms with Gasteiger partial charge in [-0.3, -0.25) is 0 Å². The fourth-order valence-corrected chi connectivity index (χ4v) is 2.78. The van der Waals surface area contributed by atoms with Crippen LogP contribution in [0.3, 0.4) is 0 Å². The third-order valence-corrected chi connectivity index (χ3v) is 3.84. The molecule has 0 unspecified atom stereocenters. The Morgan fingerprint density at radius 3 is 2.59 bits per heavy atom. The van der Waals surface area contributed by atoms with E-state index in [9.17, 15) is 8.42 Å². The molecule has 1 aliphatic rings. The second-order valence-corrected chi connectivity index (χ2v) is 5.93. The monoisotopic (exact) mass is 265 g/mol. The number of nitrogens with zero attached hydrogens (tertiary/aromatic N) is 1. The highest BCUT2D eigenvalue weighted by Gasteiger charge is 2.17. The van der Waals surface area contributed by atoms with Crippen LogP contribution < -0.4 is 10.1 Å². The third-order valence-electron chi connectivity index (χ3n) is 2.47. The van der Waals surface area contributed by atoms with Gasteiger partial charge in [-0.25, -0.2) is 13.4 Å². The summed E-state index contributed by atoms with van der Waals surface area (Å²) in [6.07, 6.45) is 1.71. The molecule has 102 valence electrons. The summed E-state index contributed by atoms with van der Waals surface area (Å²) in [6.45, 7) is 6.18. The van der Waals surface area contributed by atoms with E-state index in [-0.39, 0.29) is 5.75 Å². The molecule has 17 heavy (non-hydrogen) atoms. The number of sulfonamides is 1. The van der Waals surface area contributed by atoms with Crippen LogP contribution in [0.5, 0.6) is 0 Å². The van der Waals surface area contributed by atoms with Crippen LogP contribution in [0.4, 0.5) is 0 Å². The van der Waals surface area contributed by atoms with Gasteiger partial charge >= 0.3 is 0 Å². The first-order valence-corrected chi connectivity index (χ1v) is 7.83. The number of hydrogen-bond donors (Lipinski definition) is 2. The van der Waals surface area contributed by atoms with Crippen molar-refractivity contribution in [2.24, 2.45) is 0 Å². The summed E-state index contributed by atoms with van der Waals surface area (Å²) in [5.41, 5.74) is 0. The van der Waals surface area contributed by atoms with Crippen molar-refractivity contribution in [3.05, 3.63) is 0 Å². The maximum absolute atomic E-state index is 11.7. The van der Waals surface area contributed by atoms with Crippen LogP contribution in [-0.4, -0.2) is 58.6 Å². The van der Waals surface area contributed by atoms with Gasteiger partial charge in [-0.1, -0.05) is 6.92 Å². The molecule has 0 radical (unpaired) electrons. The van der Waals surface area contributed by atoms with E-state index in [1.807, 2.05) is 0 Å². The van der Waals surface area contributed by atoms with E-state index in [1.54, 1.807) is 5.01 Å². The van der Waals surface area contributed by atoms with E-state index in [1.165, 1.54) is 0 Å². The first-order valence-electron chi connectivity index (χ1n) is 6.17. The smallest absolute Gasteiger partial charge is 0.224 e. The van der Waals surface area contributed by atoms with Crippen LogP contribution in [0, 0.1) is 0 Å². The van der Waals surface area contributed by atoms with E-state index < -0.39 is 10.0 Å². The summed E-state index contributed by atoms with van der Waals surface area (Å²) < 4.78 is 28.6. The van der Waals surface area contributed by atoms with Crippen molar-refractivity contribution in [3.63, 3.8) is 0 Å². The highest BCUT2D eigenvalue weighted by molar-refractivity contribution is 7.89.